The van der Waals surface area contributed by atoms with Crippen LogP contribution in [-0.2, 0) is 9.53 Å². The van der Waals surface area contributed by atoms with Crippen molar-refractivity contribution in [1.29, 1.82) is 0 Å². The number of amides is 1. The number of rotatable bonds is 4. The van der Waals surface area contributed by atoms with E-state index in [1.807, 2.05) is 6.92 Å². The maximum atomic E-state index is 11.6. The first-order valence-corrected chi connectivity index (χ1v) is 5.33. The molecule has 4 atom stereocenters. The number of ether oxygens (including phenoxy) is 1. The van der Waals surface area contributed by atoms with Crippen molar-refractivity contribution >= 4 is 5.91 Å². The van der Waals surface area contributed by atoms with E-state index >= 15 is 0 Å². The van der Waals surface area contributed by atoms with Crippen LogP contribution in [-0.4, -0.2) is 42.4 Å². The Balaban J connectivity index is 2.24. The molecule has 1 fully saturated rings. The molecule has 4 N–H and O–H groups in total. The Morgan fingerprint density at radius 1 is 1.73 bits per heavy atom. The summed E-state index contributed by atoms with van der Waals surface area (Å²) in [6, 6.07) is -0.409. The van der Waals surface area contributed by atoms with Crippen LogP contribution in [0.3, 0.4) is 0 Å². The Bertz CT molecular complexity index is 221. The first kappa shape index (κ1) is 12.4. The Hall–Kier alpha value is -0.650. The number of carbonyl (C=O) groups is 1. The van der Waals surface area contributed by atoms with Crippen molar-refractivity contribution in [1.82, 2.24) is 5.32 Å². The second-order valence-corrected chi connectivity index (χ2v) is 4.23. The summed E-state index contributed by atoms with van der Waals surface area (Å²) in [5, 5.41) is 11.9. The van der Waals surface area contributed by atoms with E-state index in [1.165, 1.54) is 0 Å². The standard InChI is InChI=1S/C10H20N2O3/c1-6-3-8(5-15-6)10(14)12-4-9(11)7(2)13/h6-9,13H,3-5,11H2,1-2H3,(H,12,14). The molecule has 88 valence electrons. The Morgan fingerprint density at radius 3 is 2.87 bits per heavy atom. The third-order valence-corrected chi connectivity index (χ3v) is 2.70. The summed E-state index contributed by atoms with van der Waals surface area (Å²) in [4.78, 5) is 11.6. The first-order valence-electron chi connectivity index (χ1n) is 5.33. The van der Waals surface area contributed by atoms with Crippen LogP contribution in [0.5, 0.6) is 0 Å². The predicted octanol–water partition coefficient (Wildman–Crippen LogP) is -0.764. The highest BCUT2D eigenvalue weighted by Gasteiger charge is 2.28. The van der Waals surface area contributed by atoms with Gasteiger partial charge in [0.25, 0.3) is 0 Å². The number of hydrogen-bond donors (Lipinski definition) is 3. The fourth-order valence-corrected chi connectivity index (χ4v) is 1.53. The number of aliphatic hydroxyl groups excluding tert-OH is 1. The molecule has 0 spiro atoms. The van der Waals surface area contributed by atoms with Crippen LogP contribution in [0.4, 0.5) is 0 Å². The van der Waals surface area contributed by atoms with Crippen molar-refractivity contribution in [2.24, 2.45) is 11.7 Å². The number of nitrogens with two attached hydrogens (primary N) is 1. The van der Waals surface area contributed by atoms with Gasteiger partial charge in [-0.1, -0.05) is 0 Å². The Labute approximate surface area is 90.0 Å². The molecule has 0 aromatic heterocycles. The number of nitrogens with one attached hydrogen (secondary N) is 1. The normalized spacial score (nSPS) is 29.9. The smallest absolute Gasteiger partial charge is 0.225 e. The Kier molecular flexibility index (Phi) is 4.50. The first-order chi connectivity index (χ1) is 7.00. The molecular weight excluding hydrogens is 196 g/mol. The van der Waals surface area contributed by atoms with Gasteiger partial charge < -0.3 is 20.9 Å². The van der Waals surface area contributed by atoms with E-state index in [0.717, 1.165) is 6.42 Å². The van der Waals surface area contributed by atoms with Crippen molar-refractivity contribution in [2.75, 3.05) is 13.2 Å². The monoisotopic (exact) mass is 216 g/mol. The van der Waals surface area contributed by atoms with E-state index in [4.69, 9.17) is 15.6 Å². The SMILES string of the molecule is CC1CC(C(=O)NCC(N)C(C)O)CO1. The molecule has 5 nitrogen and oxygen atoms in total. The molecule has 1 saturated heterocycles. The minimum atomic E-state index is -0.607. The summed E-state index contributed by atoms with van der Waals surface area (Å²) in [5.74, 6) is -0.100. The summed E-state index contributed by atoms with van der Waals surface area (Å²) in [5.41, 5.74) is 5.59. The lowest BCUT2D eigenvalue weighted by Crippen LogP contribution is -2.45. The van der Waals surface area contributed by atoms with Crippen molar-refractivity contribution in [3.8, 4) is 0 Å². The van der Waals surface area contributed by atoms with Crippen LogP contribution in [0.25, 0.3) is 0 Å². The second kappa shape index (κ2) is 5.44. The molecule has 15 heavy (non-hydrogen) atoms. The summed E-state index contributed by atoms with van der Waals surface area (Å²) in [6.45, 7) is 4.35. The largest absolute Gasteiger partial charge is 0.392 e. The lowest BCUT2D eigenvalue weighted by atomic mass is 10.1. The van der Waals surface area contributed by atoms with E-state index < -0.39 is 12.1 Å². The summed E-state index contributed by atoms with van der Waals surface area (Å²) in [6.07, 6.45) is 0.311. The quantitative estimate of drug-likeness (QED) is 0.576. The van der Waals surface area contributed by atoms with Gasteiger partial charge in [0.05, 0.1) is 24.7 Å². The van der Waals surface area contributed by atoms with Gasteiger partial charge in [-0.15, -0.1) is 0 Å². The number of hydrogen-bond acceptors (Lipinski definition) is 4. The average molecular weight is 216 g/mol. The van der Waals surface area contributed by atoms with Gasteiger partial charge in [-0.05, 0) is 20.3 Å². The Morgan fingerprint density at radius 2 is 2.40 bits per heavy atom. The highest BCUT2D eigenvalue weighted by Crippen LogP contribution is 2.18. The molecule has 0 saturated carbocycles. The third kappa shape index (κ3) is 3.77. The van der Waals surface area contributed by atoms with E-state index in [-0.39, 0.29) is 17.9 Å². The van der Waals surface area contributed by atoms with Gasteiger partial charge >= 0.3 is 0 Å². The molecule has 0 bridgehead atoms. The maximum absolute atomic E-state index is 11.6. The van der Waals surface area contributed by atoms with Crippen LogP contribution >= 0.6 is 0 Å². The highest BCUT2D eigenvalue weighted by molar-refractivity contribution is 5.79. The van der Waals surface area contributed by atoms with E-state index in [1.54, 1.807) is 6.92 Å². The van der Waals surface area contributed by atoms with E-state index in [2.05, 4.69) is 5.32 Å². The lowest BCUT2D eigenvalue weighted by molar-refractivity contribution is -0.125. The van der Waals surface area contributed by atoms with Crippen molar-refractivity contribution < 1.29 is 14.6 Å². The van der Waals surface area contributed by atoms with Crippen LogP contribution in [0.2, 0.25) is 0 Å². The fourth-order valence-electron chi connectivity index (χ4n) is 1.53. The van der Waals surface area contributed by atoms with Gasteiger partial charge in [-0.25, -0.2) is 0 Å². The van der Waals surface area contributed by atoms with E-state index in [9.17, 15) is 4.79 Å². The summed E-state index contributed by atoms with van der Waals surface area (Å²) >= 11 is 0. The van der Waals surface area contributed by atoms with Crippen LogP contribution in [0.15, 0.2) is 0 Å². The third-order valence-electron chi connectivity index (χ3n) is 2.70. The van der Waals surface area contributed by atoms with Crippen molar-refractivity contribution in [3.05, 3.63) is 0 Å². The second-order valence-electron chi connectivity index (χ2n) is 4.23. The highest BCUT2D eigenvalue weighted by atomic mass is 16.5. The van der Waals surface area contributed by atoms with Gasteiger partial charge in [0, 0.05) is 12.6 Å². The average Bonchev–Trinajstić information content (AvgIpc) is 2.60. The van der Waals surface area contributed by atoms with Crippen molar-refractivity contribution in [2.45, 2.75) is 38.5 Å². The molecule has 4 unspecified atom stereocenters. The van der Waals surface area contributed by atoms with E-state index in [0.29, 0.717) is 13.2 Å². The van der Waals surface area contributed by atoms with Crippen molar-refractivity contribution in [3.63, 3.8) is 0 Å². The molecular formula is C10H20N2O3. The summed E-state index contributed by atoms with van der Waals surface area (Å²) in [7, 11) is 0. The molecule has 1 heterocycles. The number of aliphatic hydroxyl groups is 1. The van der Waals surface area contributed by atoms with Gasteiger partial charge in [0.2, 0.25) is 5.91 Å². The molecule has 0 radical (unpaired) electrons. The zero-order valence-corrected chi connectivity index (χ0v) is 9.27. The van der Waals surface area contributed by atoms with Crippen LogP contribution < -0.4 is 11.1 Å². The van der Waals surface area contributed by atoms with Crippen LogP contribution in [0, 0.1) is 5.92 Å². The molecule has 0 aromatic carbocycles. The predicted molar refractivity (Wildman–Crippen MR) is 56.2 cm³/mol. The fraction of sp³-hybridized carbons (Fsp3) is 0.900. The summed E-state index contributed by atoms with van der Waals surface area (Å²) < 4.78 is 5.30. The van der Waals surface area contributed by atoms with Gasteiger partial charge in [-0.3, -0.25) is 4.79 Å². The van der Waals surface area contributed by atoms with Gasteiger partial charge in [-0.2, -0.15) is 0 Å². The molecule has 1 amide bonds. The zero-order chi connectivity index (χ0) is 11.4. The van der Waals surface area contributed by atoms with Gasteiger partial charge in [0.1, 0.15) is 0 Å². The molecule has 5 heteroatoms. The number of carbonyl (C=O) groups excluding carboxylic acids is 1. The maximum Gasteiger partial charge on any atom is 0.225 e. The lowest BCUT2D eigenvalue weighted by Gasteiger charge is -2.16. The minimum absolute atomic E-state index is 0.0320. The molecule has 1 aliphatic rings. The molecule has 0 aromatic rings. The van der Waals surface area contributed by atoms with Crippen LogP contribution in [0.1, 0.15) is 20.3 Å². The molecule has 1 aliphatic heterocycles. The molecule has 0 aliphatic carbocycles. The molecule has 1 rings (SSSR count). The zero-order valence-electron chi connectivity index (χ0n) is 9.27. The minimum Gasteiger partial charge on any atom is -0.392 e. The topological polar surface area (TPSA) is 84.6 Å². The van der Waals surface area contributed by atoms with Gasteiger partial charge in [0.15, 0.2) is 0 Å².